The van der Waals surface area contributed by atoms with Gasteiger partial charge in [-0.3, -0.25) is 4.90 Å². The van der Waals surface area contributed by atoms with E-state index in [1.54, 1.807) is 7.11 Å². The van der Waals surface area contributed by atoms with E-state index >= 15 is 0 Å². The maximum Gasteiger partial charge on any atom is 0.213 e. The number of methoxy groups -OCH3 is 1. The number of pyridine rings is 1. The van der Waals surface area contributed by atoms with E-state index in [2.05, 4.69) is 16.9 Å². The van der Waals surface area contributed by atoms with Crippen LogP contribution in [0.2, 0.25) is 0 Å². The molecule has 0 amide bonds. The molecule has 0 radical (unpaired) electrons. The van der Waals surface area contributed by atoms with Crippen LogP contribution in [0.3, 0.4) is 0 Å². The van der Waals surface area contributed by atoms with Gasteiger partial charge in [0.25, 0.3) is 0 Å². The Bertz CT molecular complexity index is 663. The highest BCUT2D eigenvalue weighted by Gasteiger charge is 2.26. The molecule has 1 saturated heterocycles. The van der Waals surface area contributed by atoms with Gasteiger partial charge in [0.15, 0.2) is 0 Å². The van der Waals surface area contributed by atoms with Crippen molar-refractivity contribution in [3.63, 3.8) is 0 Å². The Labute approximate surface area is 142 Å². The predicted octanol–water partition coefficient (Wildman–Crippen LogP) is 3.58. The largest absolute Gasteiger partial charge is 0.481 e. The van der Waals surface area contributed by atoms with Gasteiger partial charge in [0.05, 0.1) is 18.9 Å². The Balaban J connectivity index is 1.64. The lowest BCUT2D eigenvalue weighted by Gasteiger charge is -2.35. The summed E-state index contributed by atoms with van der Waals surface area (Å²) < 4.78 is 24.2. The van der Waals surface area contributed by atoms with Crippen LogP contribution in [0.1, 0.15) is 30.2 Å². The fourth-order valence-electron chi connectivity index (χ4n) is 3.13. The Kier molecular flexibility index (Phi) is 5.43. The zero-order chi connectivity index (χ0) is 16.9. The number of rotatable bonds is 5. The molecule has 1 aliphatic heterocycles. The zero-order valence-electron chi connectivity index (χ0n) is 14.1. The van der Waals surface area contributed by atoms with Gasteiger partial charge >= 0.3 is 0 Å². The predicted molar refractivity (Wildman–Crippen MR) is 90.4 cm³/mol. The highest BCUT2D eigenvalue weighted by atomic mass is 19.1. The van der Waals surface area contributed by atoms with Crippen LogP contribution in [0.5, 0.6) is 5.88 Å². The number of hydrogen-bond donors (Lipinski definition) is 0. The van der Waals surface area contributed by atoms with E-state index in [4.69, 9.17) is 9.47 Å². The van der Waals surface area contributed by atoms with Crippen molar-refractivity contribution in [2.45, 2.75) is 31.5 Å². The minimum Gasteiger partial charge on any atom is -0.481 e. The summed E-state index contributed by atoms with van der Waals surface area (Å²) in [4.78, 5) is 6.78. The molecule has 0 spiro atoms. The van der Waals surface area contributed by atoms with Gasteiger partial charge in [-0.15, -0.1) is 0 Å². The Morgan fingerprint density at radius 1 is 1.25 bits per heavy atom. The summed E-state index contributed by atoms with van der Waals surface area (Å²) in [6.07, 6.45) is 1.90. The number of aromatic nitrogens is 1. The standard InChI is InChI=1S/C19H23FN2O2/c1-22(13-16-4-3-5-19(21-16)23-2)17-10-11-24-18(12-17)14-6-8-15(20)9-7-14/h3-9,17-18H,10-13H2,1-2H3/t17-,18-/m1/s1. The molecule has 0 saturated carbocycles. The molecule has 2 heterocycles. The molecule has 128 valence electrons. The van der Waals surface area contributed by atoms with E-state index in [1.807, 2.05) is 30.3 Å². The second-order valence-electron chi connectivity index (χ2n) is 6.18. The van der Waals surface area contributed by atoms with Gasteiger partial charge in [0.2, 0.25) is 5.88 Å². The molecule has 2 atom stereocenters. The van der Waals surface area contributed by atoms with Gasteiger partial charge in [0, 0.05) is 25.3 Å². The summed E-state index contributed by atoms with van der Waals surface area (Å²) in [6, 6.07) is 12.8. The van der Waals surface area contributed by atoms with E-state index in [1.165, 1.54) is 12.1 Å². The van der Waals surface area contributed by atoms with Crippen LogP contribution < -0.4 is 4.74 Å². The summed E-state index contributed by atoms with van der Waals surface area (Å²) in [7, 11) is 3.74. The topological polar surface area (TPSA) is 34.6 Å². The summed E-state index contributed by atoms with van der Waals surface area (Å²) >= 11 is 0. The Hall–Kier alpha value is -1.98. The van der Waals surface area contributed by atoms with Crippen molar-refractivity contribution in [1.29, 1.82) is 0 Å². The molecule has 0 aliphatic carbocycles. The van der Waals surface area contributed by atoms with Gasteiger partial charge < -0.3 is 9.47 Å². The maximum absolute atomic E-state index is 13.1. The first kappa shape index (κ1) is 16.9. The van der Waals surface area contributed by atoms with Gasteiger partial charge in [-0.25, -0.2) is 9.37 Å². The third-order valence-electron chi connectivity index (χ3n) is 4.52. The summed E-state index contributed by atoms with van der Waals surface area (Å²) in [5.41, 5.74) is 2.02. The SMILES string of the molecule is COc1cccc(CN(C)[C@@H]2CCO[C@@H](c3ccc(F)cc3)C2)n1. The summed E-state index contributed by atoms with van der Waals surface area (Å²) in [6.45, 7) is 1.47. The Morgan fingerprint density at radius 2 is 2.04 bits per heavy atom. The second kappa shape index (κ2) is 7.73. The van der Waals surface area contributed by atoms with E-state index in [9.17, 15) is 4.39 Å². The van der Waals surface area contributed by atoms with Gasteiger partial charge in [-0.2, -0.15) is 0 Å². The zero-order valence-corrected chi connectivity index (χ0v) is 14.1. The first-order valence-electron chi connectivity index (χ1n) is 8.23. The number of halogens is 1. The van der Waals surface area contributed by atoms with E-state index in [-0.39, 0.29) is 11.9 Å². The normalized spacial score (nSPS) is 21.0. The lowest BCUT2D eigenvalue weighted by atomic mass is 9.96. The third-order valence-corrected chi connectivity index (χ3v) is 4.52. The number of benzene rings is 1. The smallest absolute Gasteiger partial charge is 0.213 e. The van der Waals surface area contributed by atoms with Gasteiger partial charge in [-0.05, 0) is 43.7 Å². The molecule has 5 heteroatoms. The van der Waals surface area contributed by atoms with Crippen LogP contribution >= 0.6 is 0 Å². The van der Waals surface area contributed by atoms with E-state index in [0.717, 1.165) is 30.6 Å². The fourth-order valence-corrected chi connectivity index (χ4v) is 3.13. The average molecular weight is 330 g/mol. The second-order valence-corrected chi connectivity index (χ2v) is 6.18. The minimum atomic E-state index is -0.215. The molecular formula is C19H23FN2O2. The van der Waals surface area contributed by atoms with Crippen molar-refractivity contribution in [2.24, 2.45) is 0 Å². The summed E-state index contributed by atoms with van der Waals surface area (Å²) in [5, 5.41) is 0. The minimum absolute atomic E-state index is 0.0186. The van der Waals surface area contributed by atoms with Crippen molar-refractivity contribution in [3.05, 3.63) is 59.5 Å². The first-order valence-corrected chi connectivity index (χ1v) is 8.23. The molecule has 1 aliphatic rings. The molecule has 0 bridgehead atoms. The van der Waals surface area contributed by atoms with Crippen LogP contribution in [0.25, 0.3) is 0 Å². The van der Waals surface area contributed by atoms with E-state index < -0.39 is 0 Å². The molecule has 1 aromatic heterocycles. The lowest BCUT2D eigenvalue weighted by molar-refractivity contribution is -0.0251. The van der Waals surface area contributed by atoms with Crippen LogP contribution in [0, 0.1) is 5.82 Å². The molecule has 1 aromatic carbocycles. The van der Waals surface area contributed by atoms with Gasteiger partial charge in [-0.1, -0.05) is 18.2 Å². The number of nitrogens with zero attached hydrogens (tertiary/aromatic N) is 2. The summed E-state index contributed by atoms with van der Waals surface area (Å²) in [5.74, 6) is 0.421. The van der Waals surface area contributed by atoms with Crippen LogP contribution in [0.4, 0.5) is 4.39 Å². The molecule has 0 unspecified atom stereocenters. The van der Waals surface area contributed by atoms with E-state index in [0.29, 0.717) is 18.5 Å². The van der Waals surface area contributed by atoms with Crippen LogP contribution in [-0.4, -0.2) is 36.7 Å². The van der Waals surface area contributed by atoms with Crippen molar-refractivity contribution in [3.8, 4) is 5.88 Å². The van der Waals surface area contributed by atoms with Crippen molar-refractivity contribution in [1.82, 2.24) is 9.88 Å². The first-order chi connectivity index (χ1) is 11.7. The molecular weight excluding hydrogens is 307 g/mol. The average Bonchev–Trinajstić information content (AvgIpc) is 2.62. The molecule has 0 N–H and O–H groups in total. The van der Waals surface area contributed by atoms with Crippen LogP contribution in [0.15, 0.2) is 42.5 Å². The number of hydrogen-bond acceptors (Lipinski definition) is 4. The van der Waals surface area contributed by atoms with Crippen molar-refractivity contribution in [2.75, 3.05) is 20.8 Å². The lowest BCUT2D eigenvalue weighted by Crippen LogP contribution is -2.37. The van der Waals surface area contributed by atoms with Crippen molar-refractivity contribution < 1.29 is 13.9 Å². The highest BCUT2D eigenvalue weighted by Crippen LogP contribution is 2.30. The maximum atomic E-state index is 13.1. The highest BCUT2D eigenvalue weighted by molar-refractivity contribution is 5.19. The fraction of sp³-hybridized carbons (Fsp3) is 0.421. The number of ether oxygens (including phenoxy) is 2. The van der Waals surface area contributed by atoms with Gasteiger partial charge in [0.1, 0.15) is 5.82 Å². The quantitative estimate of drug-likeness (QED) is 0.839. The Morgan fingerprint density at radius 3 is 2.79 bits per heavy atom. The van der Waals surface area contributed by atoms with Crippen LogP contribution in [-0.2, 0) is 11.3 Å². The molecule has 1 fully saturated rings. The third kappa shape index (κ3) is 4.10. The molecule has 3 rings (SSSR count). The van der Waals surface area contributed by atoms with Crippen molar-refractivity contribution >= 4 is 0 Å². The molecule has 2 aromatic rings. The molecule has 24 heavy (non-hydrogen) atoms. The molecule has 4 nitrogen and oxygen atoms in total. The monoisotopic (exact) mass is 330 g/mol.